The topological polar surface area (TPSA) is 87.2 Å². The number of nitrogens with zero attached hydrogens (tertiary/aromatic N) is 3. The minimum atomic E-state index is -3.80. The Morgan fingerprint density at radius 1 is 0.879 bits per heavy atom. The van der Waals surface area contributed by atoms with Gasteiger partial charge in [0.2, 0.25) is 15.9 Å². The van der Waals surface area contributed by atoms with Gasteiger partial charge >= 0.3 is 0 Å². The number of carbonyl (C=O) groups is 2. The lowest BCUT2D eigenvalue weighted by Gasteiger charge is -2.37. The van der Waals surface area contributed by atoms with Gasteiger partial charge in [-0.25, -0.2) is 8.42 Å². The summed E-state index contributed by atoms with van der Waals surface area (Å²) in [4.78, 5) is 30.2. The highest BCUT2D eigenvalue weighted by molar-refractivity contribution is 7.89. The third kappa shape index (κ3) is 5.04. The number of benzene rings is 1. The average Bonchev–Trinajstić information content (AvgIpc) is 3.24. The Morgan fingerprint density at radius 3 is 2.18 bits per heavy atom. The van der Waals surface area contributed by atoms with Crippen molar-refractivity contribution in [3.05, 3.63) is 23.8 Å². The van der Waals surface area contributed by atoms with Gasteiger partial charge in [-0.1, -0.05) is 12.8 Å². The molecular weight excluding hydrogens is 442 g/mol. The summed E-state index contributed by atoms with van der Waals surface area (Å²) >= 11 is 0. The Hall–Kier alpha value is -2.13. The number of hydrogen-bond donors (Lipinski definition) is 0. The van der Waals surface area contributed by atoms with Crippen LogP contribution in [-0.2, 0) is 14.8 Å². The Balaban J connectivity index is 1.62. The first-order chi connectivity index (χ1) is 15.9. The van der Waals surface area contributed by atoms with Crippen molar-refractivity contribution in [3.8, 4) is 5.75 Å². The maximum absolute atomic E-state index is 13.5. The highest BCUT2D eigenvalue weighted by Gasteiger charge is 2.37. The van der Waals surface area contributed by atoms with E-state index in [0.717, 1.165) is 64.5 Å². The molecule has 3 saturated heterocycles. The molecule has 9 heteroatoms. The molecule has 1 atom stereocenters. The van der Waals surface area contributed by atoms with E-state index in [9.17, 15) is 18.0 Å². The first-order valence-corrected chi connectivity index (χ1v) is 13.7. The van der Waals surface area contributed by atoms with E-state index in [-0.39, 0.29) is 28.0 Å². The van der Waals surface area contributed by atoms with E-state index in [2.05, 4.69) is 0 Å². The van der Waals surface area contributed by atoms with E-state index in [1.54, 1.807) is 17.0 Å². The van der Waals surface area contributed by atoms with Gasteiger partial charge < -0.3 is 14.5 Å². The summed E-state index contributed by atoms with van der Waals surface area (Å²) in [6.45, 7) is 2.95. The third-order valence-electron chi connectivity index (χ3n) is 7.06. The standard InChI is InChI=1S/C24H35N3O5S/c1-32-21-12-11-19(18-22(21)33(30,31)26-15-5-2-3-6-16-26)23(28)27-17-7-4-10-20(27)24(29)25-13-8-9-14-25/h11-12,18,20H,2-10,13-17H2,1H3. The van der Waals surface area contributed by atoms with Crippen LogP contribution >= 0.6 is 0 Å². The molecule has 3 aliphatic rings. The lowest BCUT2D eigenvalue weighted by atomic mass is 9.99. The maximum Gasteiger partial charge on any atom is 0.254 e. The molecule has 0 aromatic heterocycles. The number of likely N-dealkylation sites (tertiary alicyclic amines) is 2. The Bertz CT molecular complexity index is 966. The number of sulfonamides is 1. The molecule has 1 aromatic rings. The van der Waals surface area contributed by atoms with Gasteiger partial charge in [0.1, 0.15) is 16.7 Å². The van der Waals surface area contributed by atoms with Crippen LogP contribution in [0, 0.1) is 0 Å². The number of carbonyl (C=O) groups excluding carboxylic acids is 2. The van der Waals surface area contributed by atoms with Crippen LogP contribution in [0.4, 0.5) is 0 Å². The second kappa shape index (κ2) is 10.4. The molecule has 33 heavy (non-hydrogen) atoms. The second-order valence-electron chi connectivity index (χ2n) is 9.23. The summed E-state index contributed by atoms with van der Waals surface area (Å²) < 4.78 is 33.8. The highest BCUT2D eigenvalue weighted by Crippen LogP contribution is 2.31. The van der Waals surface area contributed by atoms with Crippen molar-refractivity contribution < 1.29 is 22.7 Å². The van der Waals surface area contributed by atoms with Crippen LogP contribution in [-0.4, -0.2) is 80.2 Å². The predicted molar refractivity (Wildman–Crippen MR) is 125 cm³/mol. The van der Waals surface area contributed by atoms with Crippen LogP contribution in [0.3, 0.4) is 0 Å². The van der Waals surface area contributed by atoms with E-state index < -0.39 is 16.1 Å². The number of methoxy groups -OCH3 is 1. The molecule has 0 spiro atoms. The summed E-state index contributed by atoms with van der Waals surface area (Å²) in [5, 5.41) is 0. The Labute approximate surface area is 196 Å². The van der Waals surface area contributed by atoms with Crippen molar-refractivity contribution in [2.45, 2.75) is 68.7 Å². The van der Waals surface area contributed by atoms with E-state index in [0.29, 0.717) is 26.1 Å². The van der Waals surface area contributed by atoms with Crippen molar-refractivity contribution in [1.82, 2.24) is 14.1 Å². The summed E-state index contributed by atoms with van der Waals surface area (Å²) in [6.07, 6.45) is 8.09. The molecule has 8 nitrogen and oxygen atoms in total. The van der Waals surface area contributed by atoms with E-state index >= 15 is 0 Å². The molecule has 3 aliphatic heterocycles. The zero-order valence-electron chi connectivity index (χ0n) is 19.5. The van der Waals surface area contributed by atoms with Gasteiger partial charge in [0.25, 0.3) is 5.91 Å². The Morgan fingerprint density at radius 2 is 1.52 bits per heavy atom. The van der Waals surface area contributed by atoms with Crippen LogP contribution in [0.25, 0.3) is 0 Å². The zero-order chi connectivity index (χ0) is 23.4. The lowest BCUT2D eigenvalue weighted by molar-refractivity contribution is -0.136. The molecule has 3 heterocycles. The largest absolute Gasteiger partial charge is 0.495 e. The fourth-order valence-electron chi connectivity index (χ4n) is 5.18. The number of rotatable bonds is 5. The first kappa shape index (κ1) is 24.0. The third-order valence-corrected chi connectivity index (χ3v) is 8.98. The summed E-state index contributed by atoms with van der Waals surface area (Å²) in [5.74, 6) is -0.0344. The SMILES string of the molecule is COc1ccc(C(=O)N2CCCCC2C(=O)N2CCCC2)cc1S(=O)(=O)N1CCCCCC1. The number of piperidine rings is 1. The normalized spacial score (nSPS) is 22.8. The van der Waals surface area contributed by atoms with Gasteiger partial charge in [-0.2, -0.15) is 4.31 Å². The molecule has 0 bridgehead atoms. The van der Waals surface area contributed by atoms with Crippen LogP contribution in [0.1, 0.15) is 68.1 Å². The van der Waals surface area contributed by atoms with Crippen molar-refractivity contribution in [2.24, 2.45) is 0 Å². The number of ether oxygens (including phenoxy) is 1. The van der Waals surface area contributed by atoms with Gasteiger partial charge in [-0.3, -0.25) is 9.59 Å². The van der Waals surface area contributed by atoms with Gasteiger partial charge in [-0.05, 0) is 63.1 Å². The highest BCUT2D eigenvalue weighted by atomic mass is 32.2. The molecule has 1 aromatic carbocycles. The van der Waals surface area contributed by atoms with Crippen molar-refractivity contribution in [2.75, 3.05) is 39.8 Å². The van der Waals surface area contributed by atoms with Crippen LogP contribution in [0.15, 0.2) is 23.1 Å². The molecule has 0 aliphatic carbocycles. The van der Waals surface area contributed by atoms with Gasteiger partial charge in [-0.15, -0.1) is 0 Å². The van der Waals surface area contributed by atoms with E-state index in [1.807, 2.05) is 4.90 Å². The first-order valence-electron chi connectivity index (χ1n) is 12.2. The molecule has 0 saturated carbocycles. The minimum Gasteiger partial charge on any atom is -0.495 e. The fraction of sp³-hybridized carbons (Fsp3) is 0.667. The smallest absolute Gasteiger partial charge is 0.254 e. The molecule has 2 amide bonds. The van der Waals surface area contributed by atoms with Crippen molar-refractivity contribution in [3.63, 3.8) is 0 Å². The van der Waals surface area contributed by atoms with Crippen molar-refractivity contribution in [1.29, 1.82) is 0 Å². The van der Waals surface area contributed by atoms with Gasteiger partial charge in [0.15, 0.2) is 0 Å². The maximum atomic E-state index is 13.5. The van der Waals surface area contributed by atoms with E-state index in [1.165, 1.54) is 17.5 Å². The lowest BCUT2D eigenvalue weighted by Crippen LogP contribution is -2.52. The Kier molecular flexibility index (Phi) is 7.58. The molecule has 182 valence electrons. The number of hydrogen-bond acceptors (Lipinski definition) is 5. The van der Waals surface area contributed by atoms with Crippen LogP contribution < -0.4 is 4.74 Å². The summed E-state index contributed by atoms with van der Waals surface area (Å²) in [6, 6.07) is 4.12. The molecule has 3 fully saturated rings. The van der Waals surface area contributed by atoms with Crippen molar-refractivity contribution >= 4 is 21.8 Å². The summed E-state index contributed by atoms with van der Waals surface area (Å²) in [7, 11) is -2.36. The second-order valence-corrected chi connectivity index (χ2v) is 11.1. The quantitative estimate of drug-likeness (QED) is 0.651. The molecule has 0 radical (unpaired) electrons. The zero-order valence-corrected chi connectivity index (χ0v) is 20.3. The molecular formula is C24H35N3O5S. The average molecular weight is 478 g/mol. The summed E-state index contributed by atoms with van der Waals surface area (Å²) in [5.41, 5.74) is 0.283. The fourth-order valence-corrected chi connectivity index (χ4v) is 6.88. The molecule has 1 unspecified atom stereocenters. The van der Waals surface area contributed by atoms with Crippen LogP contribution in [0.5, 0.6) is 5.75 Å². The van der Waals surface area contributed by atoms with Crippen LogP contribution in [0.2, 0.25) is 0 Å². The van der Waals surface area contributed by atoms with E-state index in [4.69, 9.17) is 4.74 Å². The van der Waals surface area contributed by atoms with Gasteiger partial charge in [0, 0.05) is 38.3 Å². The number of amides is 2. The molecule has 4 rings (SSSR count). The minimum absolute atomic E-state index is 0.0199. The monoisotopic (exact) mass is 477 g/mol. The molecule has 0 N–H and O–H groups in total. The predicted octanol–water partition coefficient (Wildman–Crippen LogP) is 2.88. The van der Waals surface area contributed by atoms with Gasteiger partial charge in [0.05, 0.1) is 7.11 Å².